The monoisotopic (exact) mass is 490 g/mol. The quantitative estimate of drug-likeness (QED) is 0.298. The molecule has 1 aliphatic heterocycles. The van der Waals surface area contributed by atoms with Crippen LogP contribution in [0.4, 0.5) is 0 Å². The van der Waals surface area contributed by atoms with Gasteiger partial charge in [0.05, 0.1) is 28.3 Å². The maximum Gasteiger partial charge on any atom is 0.295 e. The standard InChI is InChI=1S/C25H28Cl2N2O4/c1-4-28(5-2)13-14-29-22(17-9-12-19(26)20(27)15-17)21(24(31)25(29)32)23(30)16-7-10-18(11-8-16)33-6-3/h7-12,15,22,30H,4-6,13-14H2,1-3H3/b23-21+/t22-/m0/s1. The number of likely N-dealkylation sites (N-methyl/N-ethyl adjacent to an activating group) is 1. The van der Waals surface area contributed by atoms with Gasteiger partial charge in [0.15, 0.2) is 0 Å². The number of Topliss-reactive ketones (excluding diaryl/α,β-unsaturated/α-hetero) is 1. The minimum absolute atomic E-state index is 0.0297. The van der Waals surface area contributed by atoms with Gasteiger partial charge in [0.2, 0.25) is 0 Å². The van der Waals surface area contributed by atoms with Gasteiger partial charge in [0, 0.05) is 18.7 Å². The summed E-state index contributed by atoms with van der Waals surface area (Å²) in [5.41, 5.74) is 1.06. The molecule has 8 heteroatoms. The third-order valence-corrected chi connectivity index (χ3v) is 6.53. The number of likely N-dealkylation sites (tertiary alicyclic amines) is 1. The number of benzene rings is 2. The summed E-state index contributed by atoms with van der Waals surface area (Å²) >= 11 is 12.4. The predicted molar refractivity (Wildman–Crippen MR) is 131 cm³/mol. The lowest BCUT2D eigenvalue weighted by molar-refractivity contribution is -0.140. The van der Waals surface area contributed by atoms with Crippen LogP contribution in [0.3, 0.4) is 0 Å². The fourth-order valence-corrected chi connectivity index (χ4v) is 4.27. The van der Waals surface area contributed by atoms with Gasteiger partial charge < -0.3 is 19.6 Å². The van der Waals surface area contributed by atoms with Gasteiger partial charge in [-0.15, -0.1) is 0 Å². The molecule has 1 amide bonds. The van der Waals surface area contributed by atoms with Crippen molar-refractivity contribution in [3.8, 4) is 5.75 Å². The average Bonchev–Trinajstić information content (AvgIpc) is 3.06. The summed E-state index contributed by atoms with van der Waals surface area (Å²) in [4.78, 5) is 29.8. The highest BCUT2D eigenvalue weighted by Gasteiger charge is 2.46. The third kappa shape index (κ3) is 5.35. The van der Waals surface area contributed by atoms with Crippen LogP contribution >= 0.6 is 23.2 Å². The number of hydrogen-bond acceptors (Lipinski definition) is 5. The first-order chi connectivity index (χ1) is 15.8. The van der Waals surface area contributed by atoms with Crippen molar-refractivity contribution < 1.29 is 19.4 Å². The largest absolute Gasteiger partial charge is 0.507 e. The molecule has 0 aromatic heterocycles. The Morgan fingerprint density at radius 2 is 1.70 bits per heavy atom. The molecule has 1 atom stereocenters. The first-order valence-corrected chi connectivity index (χ1v) is 11.8. The molecule has 1 saturated heterocycles. The van der Waals surface area contributed by atoms with E-state index in [2.05, 4.69) is 4.90 Å². The molecule has 0 radical (unpaired) electrons. The zero-order valence-corrected chi connectivity index (χ0v) is 20.5. The number of aliphatic hydroxyl groups excluding tert-OH is 1. The van der Waals surface area contributed by atoms with Gasteiger partial charge in [-0.05, 0) is 62.0 Å². The van der Waals surface area contributed by atoms with Crippen molar-refractivity contribution >= 4 is 40.7 Å². The highest BCUT2D eigenvalue weighted by molar-refractivity contribution is 6.46. The van der Waals surface area contributed by atoms with Gasteiger partial charge in [-0.1, -0.05) is 43.1 Å². The Morgan fingerprint density at radius 3 is 2.27 bits per heavy atom. The smallest absolute Gasteiger partial charge is 0.295 e. The van der Waals surface area contributed by atoms with E-state index in [4.69, 9.17) is 27.9 Å². The van der Waals surface area contributed by atoms with Crippen LogP contribution in [0.5, 0.6) is 5.75 Å². The second-order valence-electron chi connectivity index (χ2n) is 7.65. The van der Waals surface area contributed by atoms with Gasteiger partial charge in [-0.3, -0.25) is 9.59 Å². The lowest BCUT2D eigenvalue weighted by atomic mass is 9.95. The SMILES string of the molecule is CCOc1ccc(/C(O)=C2\C(=O)C(=O)N(CCN(CC)CC)[C@H]2c2ccc(Cl)c(Cl)c2)cc1. The summed E-state index contributed by atoms with van der Waals surface area (Å²) in [6.45, 7) is 9.05. The maximum atomic E-state index is 13.1. The Kier molecular flexibility index (Phi) is 8.40. The van der Waals surface area contributed by atoms with Gasteiger partial charge >= 0.3 is 0 Å². The lowest BCUT2D eigenvalue weighted by Crippen LogP contribution is -2.38. The maximum absolute atomic E-state index is 13.1. The summed E-state index contributed by atoms with van der Waals surface area (Å²) in [7, 11) is 0. The molecule has 2 aromatic rings. The number of carbonyl (C=O) groups excluding carboxylic acids is 2. The number of carbonyl (C=O) groups is 2. The van der Waals surface area contributed by atoms with E-state index in [0.717, 1.165) is 13.1 Å². The van der Waals surface area contributed by atoms with Crippen molar-refractivity contribution in [3.05, 3.63) is 69.2 Å². The minimum atomic E-state index is -0.776. The second kappa shape index (κ2) is 11.1. The zero-order valence-electron chi connectivity index (χ0n) is 19.0. The summed E-state index contributed by atoms with van der Waals surface area (Å²) in [5, 5.41) is 11.8. The van der Waals surface area contributed by atoms with Crippen LogP contribution < -0.4 is 4.74 Å². The Balaban J connectivity index is 2.09. The fourth-order valence-electron chi connectivity index (χ4n) is 3.96. The van der Waals surface area contributed by atoms with E-state index >= 15 is 0 Å². The van der Waals surface area contributed by atoms with Gasteiger partial charge in [-0.25, -0.2) is 0 Å². The number of halogens is 2. The van der Waals surface area contributed by atoms with Gasteiger partial charge in [0.25, 0.3) is 11.7 Å². The normalized spacial score (nSPS) is 17.8. The molecule has 0 bridgehead atoms. The van der Waals surface area contributed by atoms with E-state index in [0.29, 0.717) is 46.6 Å². The number of ketones is 1. The zero-order chi connectivity index (χ0) is 24.1. The number of nitrogens with zero attached hydrogens (tertiary/aromatic N) is 2. The Morgan fingerprint density at radius 1 is 1.03 bits per heavy atom. The minimum Gasteiger partial charge on any atom is -0.507 e. The molecule has 0 aliphatic carbocycles. The van der Waals surface area contributed by atoms with Crippen LogP contribution in [0.25, 0.3) is 5.76 Å². The predicted octanol–water partition coefficient (Wildman–Crippen LogP) is 5.16. The number of hydrogen-bond donors (Lipinski definition) is 1. The highest BCUT2D eigenvalue weighted by Crippen LogP contribution is 2.41. The van der Waals surface area contributed by atoms with E-state index in [1.165, 1.54) is 4.90 Å². The van der Waals surface area contributed by atoms with Crippen LogP contribution in [-0.2, 0) is 9.59 Å². The topological polar surface area (TPSA) is 70.1 Å². The van der Waals surface area contributed by atoms with Crippen LogP contribution in [0.2, 0.25) is 10.0 Å². The highest BCUT2D eigenvalue weighted by atomic mass is 35.5. The third-order valence-electron chi connectivity index (χ3n) is 5.79. The average molecular weight is 491 g/mol. The van der Waals surface area contributed by atoms with Crippen molar-refractivity contribution in [1.29, 1.82) is 0 Å². The van der Waals surface area contributed by atoms with Crippen molar-refractivity contribution in [2.24, 2.45) is 0 Å². The van der Waals surface area contributed by atoms with Crippen molar-refractivity contribution in [2.45, 2.75) is 26.8 Å². The molecule has 0 spiro atoms. The van der Waals surface area contributed by atoms with E-state index in [1.54, 1.807) is 42.5 Å². The molecule has 6 nitrogen and oxygen atoms in total. The molecule has 3 rings (SSSR count). The van der Waals surface area contributed by atoms with Crippen LogP contribution in [0, 0.1) is 0 Å². The molecule has 1 fully saturated rings. The van der Waals surface area contributed by atoms with Crippen molar-refractivity contribution in [2.75, 3.05) is 32.8 Å². The molecule has 0 saturated carbocycles. The molecule has 0 unspecified atom stereocenters. The van der Waals surface area contributed by atoms with E-state index in [9.17, 15) is 14.7 Å². The number of amides is 1. The van der Waals surface area contributed by atoms with E-state index in [1.807, 2.05) is 20.8 Å². The van der Waals surface area contributed by atoms with Gasteiger partial charge in [0.1, 0.15) is 11.5 Å². The summed E-state index contributed by atoms with van der Waals surface area (Å²) < 4.78 is 5.45. The molecular formula is C25H28Cl2N2O4. The summed E-state index contributed by atoms with van der Waals surface area (Å²) in [6.07, 6.45) is 0. The molecule has 1 heterocycles. The van der Waals surface area contributed by atoms with E-state index < -0.39 is 17.7 Å². The van der Waals surface area contributed by atoms with Crippen molar-refractivity contribution in [3.63, 3.8) is 0 Å². The molecule has 33 heavy (non-hydrogen) atoms. The number of ether oxygens (including phenoxy) is 1. The first kappa shape index (κ1) is 25.1. The van der Waals surface area contributed by atoms with Crippen LogP contribution in [0.15, 0.2) is 48.0 Å². The number of rotatable bonds is 9. The summed E-state index contributed by atoms with van der Waals surface area (Å²) in [6, 6.07) is 11.0. The first-order valence-electron chi connectivity index (χ1n) is 11.0. The molecular weight excluding hydrogens is 463 g/mol. The van der Waals surface area contributed by atoms with Gasteiger partial charge in [-0.2, -0.15) is 0 Å². The van der Waals surface area contributed by atoms with E-state index in [-0.39, 0.29) is 11.3 Å². The number of aliphatic hydroxyl groups is 1. The molecule has 2 aromatic carbocycles. The lowest BCUT2D eigenvalue weighted by Gasteiger charge is -2.28. The Labute approximate surface area is 204 Å². The Bertz CT molecular complexity index is 1050. The molecule has 1 aliphatic rings. The van der Waals surface area contributed by atoms with Crippen molar-refractivity contribution in [1.82, 2.24) is 9.80 Å². The molecule has 176 valence electrons. The molecule has 1 N–H and O–H groups in total. The summed E-state index contributed by atoms with van der Waals surface area (Å²) in [5.74, 6) is -0.963. The van der Waals surface area contributed by atoms with Crippen LogP contribution in [-0.4, -0.2) is 59.4 Å². The fraction of sp³-hybridized carbons (Fsp3) is 0.360. The Hall–Kier alpha value is -2.54. The second-order valence-corrected chi connectivity index (χ2v) is 8.46. The van der Waals surface area contributed by atoms with Crippen LogP contribution in [0.1, 0.15) is 37.9 Å².